The van der Waals surface area contributed by atoms with E-state index in [0.29, 0.717) is 18.4 Å². The van der Waals surface area contributed by atoms with Crippen LogP contribution in [0.1, 0.15) is 17.5 Å². The third kappa shape index (κ3) is 3.34. The summed E-state index contributed by atoms with van der Waals surface area (Å²) in [7, 11) is 0. The maximum Gasteiger partial charge on any atom is 0.238 e. The lowest BCUT2D eigenvalue weighted by atomic mass is 9.88. The van der Waals surface area contributed by atoms with E-state index in [1.54, 1.807) is 6.08 Å². The van der Waals surface area contributed by atoms with Crippen molar-refractivity contribution in [2.24, 2.45) is 5.92 Å². The second-order valence-electron chi connectivity index (χ2n) is 7.13. The molecule has 3 aliphatic rings. The highest BCUT2D eigenvalue weighted by Crippen LogP contribution is 2.29. The van der Waals surface area contributed by atoms with E-state index in [0.717, 1.165) is 13.0 Å². The molecule has 1 aromatic rings. The number of fused-ring (bicyclic) bond motifs is 2. The van der Waals surface area contributed by atoms with Gasteiger partial charge in [0.25, 0.3) is 0 Å². The van der Waals surface area contributed by atoms with Crippen molar-refractivity contribution >= 4 is 5.91 Å². The highest BCUT2D eigenvalue weighted by Gasteiger charge is 2.30. The molecule has 0 saturated carbocycles. The Morgan fingerprint density at radius 3 is 2.92 bits per heavy atom. The summed E-state index contributed by atoms with van der Waals surface area (Å²) >= 11 is 0. The summed E-state index contributed by atoms with van der Waals surface area (Å²) in [5.41, 5.74) is 3.78. The molecule has 4 atom stereocenters. The Balaban J connectivity index is 1.37. The molecular formula is C22H24N3O+. The molecule has 3 N–H and O–H groups in total. The van der Waals surface area contributed by atoms with E-state index in [2.05, 4.69) is 58.6 Å². The highest BCUT2D eigenvalue weighted by atomic mass is 16.2. The molecule has 0 spiro atoms. The van der Waals surface area contributed by atoms with Crippen LogP contribution in [0.15, 0.2) is 66.4 Å². The fourth-order valence-electron chi connectivity index (χ4n) is 3.96. The Bertz CT molecular complexity index is 792. The number of rotatable bonds is 5. The Labute approximate surface area is 154 Å². The van der Waals surface area contributed by atoms with Gasteiger partial charge < -0.3 is 16.0 Å². The molecule has 1 aliphatic carbocycles. The van der Waals surface area contributed by atoms with Crippen LogP contribution in [0.4, 0.5) is 0 Å². The predicted octanol–water partition coefficient (Wildman–Crippen LogP) is 2.16. The first-order chi connectivity index (χ1) is 12.7. The van der Waals surface area contributed by atoms with Crippen molar-refractivity contribution in [3.63, 3.8) is 0 Å². The van der Waals surface area contributed by atoms with Crippen LogP contribution in [-0.2, 0) is 17.8 Å². The summed E-state index contributed by atoms with van der Waals surface area (Å²) in [5.74, 6) is 0.354. The van der Waals surface area contributed by atoms with Crippen LogP contribution in [-0.4, -0.2) is 24.0 Å². The van der Waals surface area contributed by atoms with Crippen LogP contribution in [0.25, 0.3) is 0 Å². The van der Waals surface area contributed by atoms with Gasteiger partial charge in [-0.05, 0) is 35.7 Å². The summed E-state index contributed by atoms with van der Waals surface area (Å²) in [4.78, 5) is 12.7. The first kappa shape index (κ1) is 16.8. The molecule has 0 radical (unpaired) electrons. The second-order valence-corrected chi connectivity index (χ2v) is 7.13. The lowest BCUT2D eigenvalue weighted by molar-refractivity contribution is -0.123. The molecule has 2 aliphatic heterocycles. The summed E-state index contributed by atoms with van der Waals surface area (Å²) in [6.07, 6.45) is 13.6. The van der Waals surface area contributed by atoms with Crippen LogP contribution in [0.3, 0.4) is 0 Å². The number of carbonyl (C=O) groups is 1. The number of carbonyl (C=O) groups excluding carboxylic acids is 1. The SMILES string of the molecule is [CH+]=CC(CC1=CNC2C=CC=CC12)NC(=O)[C@@H]1Cc2ccccc2CN1. The van der Waals surface area contributed by atoms with Crippen molar-refractivity contribution < 1.29 is 4.79 Å². The van der Waals surface area contributed by atoms with E-state index in [1.165, 1.54) is 16.7 Å². The molecule has 1 aromatic carbocycles. The maximum atomic E-state index is 12.7. The van der Waals surface area contributed by atoms with Crippen LogP contribution in [0.5, 0.6) is 0 Å². The van der Waals surface area contributed by atoms with Gasteiger partial charge in [-0.2, -0.15) is 0 Å². The quantitative estimate of drug-likeness (QED) is 0.716. The number of allylic oxidation sites excluding steroid dienone is 2. The zero-order valence-electron chi connectivity index (χ0n) is 14.7. The first-order valence-electron chi connectivity index (χ1n) is 9.20. The van der Waals surface area contributed by atoms with Crippen LogP contribution < -0.4 is 16.0 Å². The van der Waals surface area contributed by atoms with Gasteiger partial charge in [0.1, 0.15) is 0 Å². The van der Waals surface area contributed by atoms with E-state index in [1.807, 2.05) is 12.1 Å². The Hall–Kier alpha value is -2.68. The van der Waals surface area contributed by atoms with Crippen LogP contribution >= 0.6 is 0 Å². The zero-order valence-corrected chi connectivity index (χ0v) is 14.7. The first-order valence-corrected chi connectivity index (χ1v) is 9.20. The molecule has 2 heterocycles. The summed E-state index contributed by atoms with van der Waals surface area (Å²) < 4.78 is 0. The van der Waals surface area contributed by atoms with Crippen molar-refractivity contribution in [3.8, 4) is 0 Å². The Morgan fingerprint density at radius 1 is 1.27 bits per heavy atom. The van der Waals surface area contributed by atoms with Crippen molar-refractivity contribution in [1.82, 2.24) is 16.0 Å². The Morgan fingerprint density at radius 2 is 2.08 bits per heavy atom. The molecule has 132 valence electrons. The number of amides is 1. The molecular weight excluding hydrogens is 322 g/mol. The maximum absolute atomic E-state index is 12.7. The van der Waals surface area contributed by atoms with Gasteiger partial charge >= 0.3 is 0 Å². The molecule has 4 rings (SSSR count). The van der Waals surface area contributed by atoms with Gasteiger partial charge in [-0.3, -0.25) is 4.79 Å². The minimum absolute atomic E-state index is 0.00777. The molecule has 4 heteroatoms. The van der Waals surface area contributed by atoms with Crippen molar-refractivity contribution in [3.05, 3.63) is 84.1 Å². The van der Waals surface area contributed by atoms with Gasteiger partial charge in [0, 0.05) is 12.5 Å². The minimum Gasteiger partial charge on any atom is -0.384 e. The largest absolute Gasteiger partial charge is 0.384 e. The van der Waals surface area contributed by atoms with E-state index in [4.69, 9.17) is 6.58 Å². The lowest BCUT2D eigenvalue weighted by Crippen LogP contribution is -2.50. The Kier molecular flexibility index (Phi) is 4.70. The summed E-state index contributed by atoms with van der Waals surface area (Å²) in [5, 5.41) is 9.81. The smallest absolute Gasteiger partial charge is 0.238 e. The minimum atomic E-state index is -0.215. The molecule has 26 heavy (non-hydrogen) atoms. The molecule has 0 bridgehead atoms. The topological polar surface area (TPSA) is 53.2 Å². The number of hydrogen-bond donors (Lipinski definition) is 3. The van der Waals surface area contributed by atoms with E-state index >= 15 is 0 Å². The number of hydrogen-bond acceptors (Lipinski definition) is 3. The molecule has 0 aromatic heterocycles. The van der Waals surface area contributed by atoms with Crippen molar-refractivity contribution in [2.45, 2.75) is 37.5 Å². The van der Waals surface area contributed by atoms with Gasteiger partial charge in [0.05, 0.1) is 18.1 Å². The average Bonchev–Trinajstić information content (AvgIpc) is 3.10. The van der Waals surface area contributed by atoms with Gasteiger partial charge in [0.15, 0.2) is 6.08 Å². The van der Waals surface area contributed by atoms with Crippen LogP contribution in [0, 0.1) is 12.5 Å². The third-order valence-corrected chi connectivity index (χ3v) is 5.44. The zero-order chi connectivity index (χ0) is 17.9. The number of nitrogens with one attached hydrogen (secondary N) is 3. The second kappa shape index (κ2) is 7.28. The third-order valence-electron chi connectivity index (χ3n) is 5.44. The lowest BCUT2D eigenvalue weighted by Gasteiger charge is -2.27. The molecule has 0 saturated heterocycles. The fraction of sp³-hybridized carbons (Fsp3) is 0.318. The monoisotopic (exact) mass is 346 g/mol. The molecule has 1 amide bonds. The average molecular weight is 346 g/mol. The van der Waals surface area contributed by atoms with Gasteiger partial charge in [-0.25, -0.2) is 0 Å². The fourth-order valence-corrected chi connectivity index (χ4v) is 3.96. The predicted molar refractivity (Wildman–Crippen MR) is 103 cm³/mol. The van der Waals surface area contributed by atoms with E-state index in [-0.39, 0.29) is 18.0 Å². The van der Waals surface area contributed by atoms with E-state index < -0.39 is 0 Å². The molecule has 4 nitrogen and oxygen atoms in total. The van der Waals surface area contributed by atoms with Crippen molar-refractivity contribution in [1.29, 1.82) is 0 Å². The highest BCUT2D eigenvalue weighted by molar-refractivity contribution is 5.83. The van der Waals surface area contributed by atoms with Gasteiger partial charge in [0.2, 0.25) is 12.5 Å². The van der Waals surface area contributed by atoms with Crippen molar-refractivity contribution in [2.75, 3.05) is 0 Å². The van der Waals surface area contributed by atoms with Crippen LogP contribution in [0.2, 0.25) is 0 Å². The van der Waals surface area contributed by atoms with Gasteiger partial charge in [-0.1, -0.05) is 48.6 Å². The molecule has 3 unspecified atom stereocenters. The summed E-state index contributed by atoms with van der Waals surface area (Å²) in [6, 6.07) is 8.20. The molecule has 0 fully saturated rings. The standard InChI is InChI=1S/C22H23N3O/c1-2-18(11-17-14-23-20-10-6-5-9-19(17)20)25-22(26)21-12-15-7-3-4-8-16(15)13-24-21/h1-10,14,18-21,23-24H,11-13H2/p+1/t18?,19?,20?,21-/m0/s1. The number of benzene rings is 1. The summed E-state index contributed by atoms with van der Waals surface area (Å²) in [6.45, 7) is 6.56. The van der Waals surface area contributed by atoms with Gasteiger partial charge in [-0.15, -0.1) is 0 Å². The van der Waals surface area contributed by atoms with E-state index in [9.17, 15) is 4.79 Å². The normalized spacial score (nSPS) is 26.9.